The van der Waals surface area contributed by atoms with E-state index in [9.17, 15) is 4.79 Å². The molecule has 4 rings (SSSR count). The molecule has 0 radical (unpaired) electrons. The zero-order valence-corrected chi connectivity index (χ0v) is 19.6. The molecule has 33 heavy (non-hydrogen) atoms. The second kappa shape index (κ2) is 10.5. The number of hydrogen-bond acceptors (Lipinski definition) is 6. The van der Waals surface area contributed by atoms with Gasteiger partial charge in [0.2, 0.25) is 0 Å². The minimum absolute atomic E-state index is 0.205. The highest BCUT2D eigenvalue weighted by molar-refractivity contribution is 6.08. The number of anilines is 2. The van der Waals surface area contributed by atoms with Gasteiger partial charge in [0.1, 0.15) is 0 Å². The maximum Gasteiger partial charge on any atom is 0.254 e. The van der Waals surface area contributed by atoms with Crippen LogP contribution in [0.4, 0.5) is 11.4 Å². The number of carbonyl (C=O) groups is 1. The monoisotopic (exact) mass is 448 g/mol. The van der Waals surface area contributed by atoms with Crippen molar-refractivity contribution in [2.24, 2.45) is 5.92 Å². The number of pyridine rings is 1. The van der Waals surface area contributed by atoms with Crippen molar-refractivity contribution >= 4 is 28.2 Å². The molecule has 1 saturated heterocycles. The molecule has 0 aliphatic carbocycles. The molecule has 1 aromatic heterocycles. The second-order valence-corrected chi connectivity index (χ2v) is 8.33. The number of para-hydroxylation sites is 1. The lowest BCUT2D eigenvalue weighted by Crippen LogP contribution is -2.35. The summed E-state index contributed by atoms with van der Waals surface area (Å²) in [4.78, 5) is 19.6. The Bertz CT molecular complexity index is 1100. The van der Waals surface area contributed by atoms with Gasteiger partial charge in [-0.3, -0.25) is 9.78 Å². The van der Waals surface area contributed by atoms with Gasteiger partial charge >= 0.3 is 0 Å². The molecule has 0 unspecified atom stereocenters. The first-order chi connectivity index (χ1) is 16.1. The largest absolute Gasteiger partial charge is 0.493 e. The van der Waals surface area contributed by atoms with Gasteiger partial charge in [-0.1, -0.05) is 25.1 Å². The highest BCUT2D eigenvalue weighted by Gasteiger charge is 2.21. The van der Waals surface area contributed by atoms with Crippen LogP contribution in [0.25, 0.3) is 10.9 Å². The number of nitrogens with zero attached hydrogens (tertiary/aromatic N) is 2. The smallest absolute Gasteiger partial charge is 0.254 e. The molecule has 3 aromatic rings. The fourth-order valence-corrected chi connectivity index (χ4v) is 4.26. The van der Waals surface area contributed by atoms with Crippen molar-refractivity contribution in [3.8, 4) is 11.5 Å². The number of carbonyl (C=O) groups excluding carboxylic acids is 1. The Morgan fingerprint density at radius 1 is 1.15 bits per heavy atom. The molecular weight excluding hydrogens is 416 g/mol. The van der Waals surface area contributed by atoms with Crippen LogP contribution in [0.2, 0.25) is 0 Å². The molecule has 1 aliphatic rings. The third-order valence-corrected chi connectivity index (χ3v) is 6.30. The minimum atomic E-state index is -0.205. The zero-order chi connectivity index (χ0) is 23.2. The van der Waals surface area contributed by atoms with E-state index in [-0.39, 0.29) is 5.91 Å². The maximum absolute atomic E-state index is 12.6. The highest BCUT2D eigenvalue weighted by Crippen LogP contribution is 2.37. The van der Waals surface area contributed by atoms with Crippen LogP contribution in [0, 0.1) is 5.92 Å². The first-order valence-electron chi connectivity index (χ1n) is 11.5. The van der Waals surface area contributed by atoms with Gasteiger partial charge in [-0.2, -0.15) is 0 Å². The number of rotatable bonds is 8. The van der Waals surface area contributed by atoms with Crippen LogP contribution in [0.1, 0.15) is 30.1 Å². The van der Waals surface area contributed by atoms with Gasteiger partial charge in [0, 0.05) is 30.4 Å². The number of aromatic nitrogens is 1. The molecule has 0 bridgehead atoms. The van der Waals surface area contributed by atoms with Gasteiger partial charge in [-0.05, 0) is 56.6 Å². The number of piperidine rings is 1. The SMILES string of the molecule is CCN1CCC(COc2cc3c(Nc4ccccc4)c(C(=O)NC)cnc3cc2OC)CC1. The second-order valence-electron chi connectivity index (χ2n) is 8.33. The van der Waals surface area contributed by atoms with Crippen molar-refractivity contribution in [2.45, 2.75) is 19.8 Å². The maximum atomic E-state index is 12.6. The number of nitrogens with one attached hydrogen (secondary N) is 2. The van der Waals surface area contributed by atoms with Crippen LogP contribution >= 0.6 is 0 Å². The number of methoxy groups -OCH3 is 1. The van der Waals surface area contributed by atoms with Crippen LogP contribution in [-0.2, 0) is 0 Å². The van der Waals surface area contributed by atoms with Crippen molar-refractivity contribution < 1.29 is 14.3 Å². The van der Waals surface area contributed by atoms with E-state index in [0.29, 0.717) is 35.3 Å². The van der Waals surface area contributed by atoms with Crippen LogP contribution in [-0.4, -0.2) is 56.2 Å². The quantitative estimate of drug-likeness (QED) is 0.530. The van der Waals surface area contributed by atoms with Crippen LogP contribution in [0.15, 0.2) is 48.7 Å². The Hall–Kier alpha value is -3.32. The lowest BCUT2D eigenvalue weighted by atomic mass is 9.98. The number of ether oxygens (including phenoxy) is 2. The van der Waals surface area contributed by atoms with Crippen molar-refractivity contribution in [1.29, 1.82) is 0 Å². The van der Waals surface area contributed by atoms with Gasteiger partial charge in [0.15, 0.2) is 11.5 Å². The predicted molar refractivity (Wildman–Crippen MR) is 132 cm³/mol. The topological polar surface area (TPSA) is 75.7 Å². The summed E-state index contributed by atoms with van der Waals surface area (Å²) >= 11 is 0. The molecule has 0 spiro atoms. The third kappa shape index (κ3) is 5.20. The molecule has 174 valence electrons. The molecule has 7 heteroatoms. The van der Waals surface area contributed by atoms with E-state index in [0.717, 1.165) is 49.1 Å². The van der Waals surface area contributed by atoms with Gasteiger partial charge in [0.25, 0.3) is 5.91 Å². The summed E-state index contributed by atoms with van der Waals surface area (Å²) in [5.74, 6) is 1.61. The molecule has 1 aliphatic heterocycles. The van der Waals surface area contributed by atoms with Gasteiger partial charge in [-0.25, -0.2) is 0 Å². The number of hydrogen-bond donors (Lipinski definition) is 2. The van der Waals surface area contributed by atoms with Crippen LogP contribution in [0.3, 0.4) is 0 Å². The summed E-state index contributed by atoms with van der Waals surface area (Å²) in [6, 6.07) is 13.6. The van der Waals surface area contributed by atoms with Crippen LogP contribution in [0.5, 0.6) is 11.5 Å². The average molecular weight is 449 g/mol. The fourth-order valence-electron chi connectivity index (χ4n) is 4.26. The molecule has 0 saturated carbocycles. The molecule has 2 heterocycles. The zero-order valence-electron chi connectivity index (χ0n) is 19.6. The first-order valence-corrected chi connectivity index (χ1v) is 11.5. The molecule has 1 fully saturated rings. The lowest BCUT2D eigenvalue weighted by Gasteiger charge is -2.31. The van der Waals surface area contributed by atoms with Crippen molar-refractivity contribution in [3.63, 3.8) is 0 Å². The fraction of sp³-hybridized carbons (Fsp3) is 0.385. The predicted octanol–water partition coefficient (Wildman–Crippen LogP) is 4.46. The van der Waals surface area contributed by atoms with E-state index >= 15 is 0 Å². The van der Waals surface area contributed by atoms with Crippen molar-refractivity contribution in [2.75, 3.05) is 45.7 Å². The Morgan fingerprint density at radius 3 is 2.58 bits per heavy atom. The van der Waals surface area contributed by atoms with Gasteiger partial charge in [-0.15, -0.1) is 0 Å². The average Bonchev–Trinajstić information content (AvgIpc) is 2.87. The Balaban J connectivity index is 1.68. The van der Waals surface area contributed by atoms with E-state index in [1.54, 1.807) is 20.4 Å². The van der Waals surface area contributed by atoms with Gasteiger partial charge < -0.3 is 25.0 Å². The molecule has 7 nitrogen and oxygen atoms in total. The number of benzene rings is 2. The van der Waals surface area contributed by atoms with E-state index < -0.39 is 0 Å². The summed E-state index contributed by atoms with van der Waals surface area (Å²) in [7, 11) is 3.25. The van der Waals surface area contributed by atoms with E-state index in [2.05, 4.69) is 27.4 Å². The Morgan fingerprint density at radius 2 is 1.91 bits per heavy atom. The summed E-state index contributed by atoms with van der Waals surface area (Å²) in [6.45, 7) is 6.18. The minimum Gasteiger partial charge on any atom is -0.493 e. The van der Waals surface area contributed by atoms with Crippen LogP contribution < -0.4 is 20.1 Å². The highest BCUT2D eigenvalue weighted by atomic mass is 16.5. The molecular formula is C26H32N4O3. The molecule has 2 aromatic carbocycles. The normalized spacial score (nSPS) is 14.8. The standard InChI is InChI=1S/C26H32N4O3/c1-4-30-12-10-18(11-13-30)17-33-24-14-20-22(15-23(24)32-3)28-16-21(26(31)27-2)25(20)29-19-8-6-5-7-9-19/h5-9,14-16,18H,4,10-13,17H2,1-3H3,(H,27,31)(H,28,29). The Kier molecular flexibility index (Phi) is 7.29. The summed E-state index contributed by atoms with van der Waals surface area (Å²) < 4.78 is 11.9. The van der Waals surface area contributed by atoms with Crippen molar-refractivity contribution in [1.82, 2.24) is 15.2 Å². The summed E-state index contributed by atoms with van der Waals surface area (Å²) in [5, 5.41) is 6.92. The number of amides is 1. The first kappa shape index (κ1) is 22.9. The van der Waals surface area contributed by atoms with Crippen molar-refractivity contribution in [3.05, 3.63) is 54.2 Å². The van der Waals surface area contributed by atoms with E-state index in [4.69, 9.17) is 9.47 Å². The summed E-state index contributed by atoms with van der Waals surface area (Å²) in [6.07, 6.45) is 3.85. The molecule has 2 N–H and O–H groups in total. The molecule has 1 amide bonds. The van der Waals surface area contributed by atoms with Gasteiger partial charge in [0.05, 0.1) is 30.5 Å². The Labute approximate surface area is 195 Å². The summed E-state index contributed by atoms with van der Waals surface area (Å²) in [5.41, 5.74) is 2.77. The third-order valence-electron chi connectivity index (χ3n) is 6.30. The number of fused-ring (bicyclic) bond motifs is 1. The van der Waals surface area contributed by atoms with E-state index in [1.165, 1.54) is 0 Å². The molecule has 0 atom stereocenters. The number of likely N-dealkylation sites (tertiary alicyclic amines) is 1. The lowest BCUT2D eigenvalue weighted by molar-refractivity contribution is 0.0963. The van der Waals surface area contributed by atoms with E-state index in [1.807, 2.05) is 42.5 Å².